The van der Waals surface area contributed by atoms with Crippen molar-refractivity contribution in [2.75, 3.05) is 19.6 Å². The van der Waals surface area contributed by atoms with Crippen LogP contribution in [0.5, 0.6) is 0 Å². The summed E-state index contributed by atoms with van der Waals surface area (Å²) in [4.78, 5) is 28.0. The van der Waals surface area contributed by atoms with Crippen LogP contribution in [-0.2, 0) is 16.1 Å². The molecular weight excluding hydrogens is 292 g/mol. The number of piperidine rings is 1. The highest BCUT2D eigenvalue weighted by Crippen LogP contribution is 2.25. The molecule has 0 aliphatic carbocycles. The van der Waals surface area contributed by atoms with E-state index in [0.717, 1.165) is 38.9 Å². The average Bonchev–Trinajstić information content (AvgIpc) is 3.05. The molecule has 1 amide bonds. The Bertz CT molecular complexity index is 561. The van der Waals surface area contributed by atoms with Crippen molar-refractivity contribution in [1.29, 1.82) is 0 Å². The van der Waals surface area contributed by atoms with Crippen LogP contribution in [0, 0.1) is 5.92 Å². The number of carboxylic acid groups (broad SMARTS) is 1. The summed E-state index contributed by atoms with van der Waals surface area (Å²) < 4.78 is 0. The molecule has 0 saturated carbocycles. The quantitative estimate of drug-likeness (QED) is 0.922. The minimum Gasteiger partial charge on any atom is -0.480 e. The molecule has 2 saturated heterocycles. The second-order valence-electron chi connectivity index (χ2n) is 6.59. The smallest absolute Gasteiger partial charge is 0.326 e. The fourth-order valence-electron chi connectivity index (χ4n) is 3.76. The van der Waals surface area contributed by atoms with Gasteiger partial charge in [-0.25, -0.2) is 4.79 Å². The van der Waals surface area contributed by atoms with Crippen molar-refractivity contribution in [3.05, 3.63) is 35.9 Å². The van der Waals surface area contributed by atoms with Gasteiger partial charge in [0.15, 0.2) is 0 Å². The van der Waals surface area contributed by atoms with E-state index < -0.39 is 12.0 Å². The second-order valence-corrected chi connectivity index (χ2v) is 6.59. The molecule has 5 heteroatoms. The van der Waals surface area contributed by atoms with E-state index in [-0.39, 0.29) is 11.8 Å². The maximum Gasteiger partial charge on any atom is 0.326 e. The lowest BCUT2D eigenvalue weighted by atomic mass is 9.95. The highest BCUT2D eigenvalue weighted by Gasteiger charge is 2.38. The Labute approximate surface area is 136 Å². The van der Waals surface area contributed by atoms with E-state index in [9.17, 15) is 14.7 Å². The maximum atomic E-state index is 12.7. The van der Waals surface area contributed by atoms with E-state index in [0.29, 0.717) is 13.0 Å². The van der Waals surface area contributed by atoms with Gasteiger partial charge in [-0.3, -0.25) is 9.69 Å². The van der Waals surface area contributed by atoms with Crippen molar-refractivity contribution in [2.24, 2.45) is 5.92 Å². The molecule has 0 bridgehead atoms. The lowest BCUT2D eigenvalue weighted by Gasteiger charge is -2.35. The summed E-state index contributed by atoms with van der Waals surface area (Å²) in [5.74, 6) is -0.895. The van der Waals surface area contributed by atoms with Gasteiger partial charge in [-0.2, -0.15) is 0 Å². The van der Waals surface area contributed by atoms with Crippen LogP contribution in [0.3, 0.4) is 0 Å². The van der Waals surface area contributed by atoms with Crippen molar-refractivity contribution >= 4 is 11.9 Å². The number of carboxylic acids is 1. The molecule has 2 aliphatic rings. The number of carbonyl (C=O) groups excluding carboxylic acids is 1. The van der Waals surface area contributed by atoms with Gasteiger partial charge in [0.1, 0.15) is 6.04 Å². The summed E-state index contributed by atoms with van der Waals surface area (Å²) in [7, 11) is 0. The predicted octanol–water partition coefficient (Wildman–Crippen LogP) is 1.97. The molecule has 23 heavy (non-hydrogen) atoms. The molecule has 1 unspecified atom stereocenters. The number of rotatable bonds is 4. The Morgan fingerprint density at radius 1 is 1.09 bits per heavy atom. The fraction of sp³-hybridized carbons (Fsp3) is 0.556. The molecule has 124 valence electrons. The molecule has 2 fully saturated rings. The Balaban J connectivity index is 1.61. The van der Waals surface area contributed by atoms with Crippen molar-refractivity contribution in [3.63, 3.8) is 0 Å². The normalized spacial score (nSPS) is 25.5. The Morgan fingerprint density at radius 2 is 1.83 bits per heavy atom. The lowest BCUT2D eigenvalue weighted by molar-refractivity contribution is -0.150. The van der Waals surface area contributed by atoms with Crippen LogP contribution in [0.4, 0.5) is 0 Å². The molecule has 0 spiro atoms. The van der Waals surface area contributed by atoms with Crippen molar-refractivity contribution in [3.8, 4) is 0 Å². The standard InChI is InChI=1S/C18H24N2O3/c21-17(20-11-5-9-16(20)18(22)23)15-8-4-10-19(13-15)12-14-6-2-1-3-7-14/h1-3,6-7,15-16H,4-5,8-13H2,(H,22,23)/t15?,16-/m1/s1. The number of aliphatic carboxylic acids is 1. The number of hydrogen-bond donors (Lipinski definition) is 1. The average molecular weight is 316 g/mol. The third-order valence-electron chi connectivity index (χ3n) is 4.92. The third kappa shape index (κ3) is 3.72. The molecule has 1 N–H and O–H groups in total. The number of amides is 1. The van der Waals surface area contributed by atoms with Crippen LogP contribution in [0.1, 0.15) is 31.2 Å². The number of hydrogen-bond acceptors (Lipinski definition) is 3. The molecule has 0 radical (unpaired) electrons. The molecule has 3 rings (SSSR count). The Morgan fingerprint density at radius 3 is 2.57 bits per heavy atom. The summed E-state index contributed by atoms with van der Waals surface area (Å²) in [6.07, 6.45) is 3.24. The lowest BCUT2D eigenvalue weighted by Crippen LogP contribution is -2.48. The van der Waals surface area contributed by atoms with Gasteiger partial charge in [-0.1, -0.05) is 30.3 Å². The number of nitrogens with zero attached hydrogens (tertiary/aromatic N) is 2. The first kappa shape index (κ1) is 16.0. The summed E-state index contributed by atoms with van der Waals surface area (Å²) >= 11 is 0. The minimum absolute atomic E-state index is 0.0349. The van der Waals surface area contributed by atoms with Crippen LogP contribution in [0.2, 0.25) is 0 Å². The van der Waals surface area contributed by atoms with E-state index in [1.165, 1.54) is 5.56 Å². The highest BCUT2D eigenvalue weighted by molar-refractivity contribution is 5.85. The summed E-state index contributed by atoms with van der Waals surface area (Å²) in [6.45, 7) is 3.18. The molecule has 1 aromatic rings. The van der Waals surface area contributed by atoms with E-state index in [1.807, 2.05) is 18.2 Å². The van der Waals surface area contributed by atoms with Crippen LogP contribution in [0.25, 0.3) is 0 Å². The topological polar surface area (TPSA) is 60.9 Å². The zero-order valence-electron chi connectivity index (χ0n) is 13.4. The number of benzene rings is 1. The molecule has 5 nitrogen and oxygen atoms in total. The van der Waals surface area contributed by atoms with Crippen LogP contribution in [0.15, 0.2) is 30.3 Å². The predicted molar refractivity (Wildman–Crippen MR) is 86.8 cm³/mol. The zero-order valence-corrected chi connectivity index (χ0v) is 13.4. The summed E-state index contributed by atoms with van der Waals surface area (Å²) in [6, 6.07) is 9.66. The van der Waals surface area contributed by atoms with Gasteiger partial charge in [0, 0.05) is 19.6 Å². The Kier molecular flexibility index (Phi) is 4.96. The van der Waals surface area contributed by atoms with Crippen LogP contribution in [-0.4, -0.2) is 52.5 Å². The van der Waals surface area contributed by atoms with E-state index in [4.69, 9.17) is 0 Å². The van der Waals surface area contributed by atoms with Gasteiger partial charge in [0.05, 0.1) is 5.92 Å². The van der Waals surface area contributed by atoms with E-state index in [2.05, 4.69) is 17.0 Å². The molecule has 1 aromatic carbocycles. The molecule has 2 atom stereocenters. The zero-order chi connectivity index (χ0) is 16.2. The van der Waals surface area contributed by atoms with Crippen molar-refractivity contribution in [1.82, 2.24) is 9.80 Å². The second kappa shape index (κ2) is 7.13. The molecule has 2 heterocycles. The van der Waals surface area contributed by atoms with Gasteiger partial charge in [0.25, 0.3) is 0 Å². The van der Waals surface area contributed by atoms with Crippen LogP contribution >= 0.6 is 0 Å². The summed E-state index contributed by atoms with van der Waals surface area (Å²) in [5.41, 5.74) is 1.25. The minimum atomic E-state index is -0.868. The van der Waals surface area contributed by atoms with Crippen molar-refractivity contribution < 1.29 is 14.7 Å². The summed E-state index contributed by atoms with van der Waals surface area (Å²) in [5, 5.41) is 9.27. The van der Waals surface area contributed by atoms with Gasteiger partial charge in [-0.15, -0.1) is 0 Å². The highest BCUT2D eigenvalue weighted by atomic mass is 16.4. The monoisotopic (exact) mass is 316 g/mol. The van der Waals surface area contributed by atoms with Gasteiger partial charge in [-0.05, 0) is 37.8 Å². The largest absolute Gasteiger partial charge is 0.480 e. The molecule has 2 aliphatic heterocycles. The SMILES string of the molecule is O=C(O)[C@H]1CCCN1C(=O)C1CCCN(Cc2ccccc2)C1. The van der Waals surface area contributed by atoms with Gasteiger partial charge >= 0.3 is 5.97 Å². The first-order chi connectivity index (χ1) is 11.1. The number of carbonyl (C=O) groups is 2. The Hall–Kier alpha value is -1.88. The third-order valence-corrected chi connectivity index (χ3v) is 4.92. The van der Waals surface area contributed by atoms with Gasteiger partial charge < -0.3 is 10.0 Å². The molecule has 0 aromatic heterocycles. The van der Waals surface area contributed by atoms with Gasteiger partial charge in [0.2, 0.25) is 5.91 Å². The van der Waals surface area contributed by atoms with E-state index in [1.54, 1.807) is 4.90 Å². The number of likely N-dealkylation sites (tertiary alicyclic amines) is 2. The first-order valence-corrected chi connectivity index (χ1v) is 8.44. The first-order valence-electron chi connectivity index (χ1n) is 8.44. The van der Waals surface area contributed by atoms with Crippen LogP contribution < -0.4 is 0 Å². The molecular formula is C18H24N2O3. The maximum absolute atomic E-state index is 12.7. The van der Waals surface area contributed by atoms with Crippen molar-refractivity contribution in [2.45, 2.75) is 38.3 Å². The van der Waals surface area contributed by atoms with E-state index >= 15 is 0 Å². The fourth-order valence-corrected chi connectivity index (χ4v) is 3.76.